The Bertz CT molecular complexity index is 406. The first-order chi connectivity index (χ1) is 10.3. The molecule has 0 aliphatic carbocycles. The van der Waals surface area contributed by atoms with Crippen molar-refractivity contribution < 1.29 is 0 Å². The zero-order chi connectivity index (χ0) is 17.2. The maximum Gasteiger partial charge on any atom is -0.0104 e. The summed E-state index contributed by atoms with van der Waals surface area (Å²) in [7, 11) is 0. The van der Waals surface area contributed by atoms with Gasteiger partial charge in [0.25, 0.3) is 0 Å². The lowest BCUT2D eigenvalue weighted by Crippen LogP contribution is -2.15. The van der Waals surface area contributed by atoms with E-state index in [0.717, 1.165) is 6.42 Å². The summed E-state index contributed by atoms with van der Waals surface area (Å²) in [6.07, 6.45) is 13.5. The van der Waals surface area contributed by atoms with Crippen LogP contribution in [0.4, 0.5) is 0 Å². The summed E-state index contributed by atoms with van der Waals surface area (Å²) < 4.78 is 0. The standard InChI is InChI=1S/C22H40/c1-9-13-18(5)20(7)16-22(8,15-11-3)17-21(12-4)19(6)14-10-2/h13,16H,9-12,14-15,17H2,1-8H3/b18-13-,20-16-,21-19+. The van der Waals surface area contributed by atoms with Crippen molar-refractivity contribution in [2.45, 2.75) is 100 Å². The highest BCUT2D eigenvalue weighted by atomic mass is 14.3. The van der Waals surface area contributed by atoms with Crippen LogP contribution in [-0.2, 0) is 0 Å². The molecule has 0 aromatic heterocycles. The van der Waals surface area contributed by atoms with Crippen LogP contribution in [-0.4, -0.2) is 0 Å². The molecular formula is C22H40. The Balaban J connectivity index is 5.46. The highest BCUT2D eigenvalue weighted by molar-refractivity contribution is 5.30. The van der Waals surface area contributed by atoms with Gasteiger partial charge in [0.1, 0.15) is 0 Å². The number of hydrogen-bond acceptors (Lipinski definition) is 0. The molecule has 0 amide bonds. The van der Waals surface area contributed by atoms with Gasteiger partial charge in [-0.3, -0.25) is 0 Å². The van der Waals surface area contributed by atoms with Gasteiger partial charge in [-0.25, -0.2) is 0 Å². The van der Waals surface area contributed by atoms with Crippen LogP contribution >= 0.6 is 0 Å². The second kappa shape index (κ2) is 10.9. The monoisotopic (exact) mass is 304 g/mol. The van der Waals surface area contributed by atoms with Gasteiger partial charge in [0.05, 0.1) is 0 Å². The molecular weight excluding hydrogens is 264 g/mol. The zero-order valence-corrected chi connectivity index (χ0v) is 16.6. The Labute approximate surface area is 140 Å². The van der Waals surface area contributed by atoms with E-state index in [1.807, 2.05) is 0 Å². The van der Waals surface area contributed by atoms with Crippen molar-refractivity contribution in [2.24, 2.45) is 5.41 Å². The maximum atomic E-state index is 2.55. The molecule has 0 aromatic rings. The molecule has 0 fully saturated rings. The smallest absolute Gasteiger partial charge is 0.0104 e. The molecule has 0 aromatic carbocycles. The van der Waals surface area contributed by atoms with Crippen molar-refractivity contribution in [2.75, 3.05) is 0 Å². The van der Waals surface area contributed by atoms with E-state index < -0.39 is 0 Å². The molecule has 0 saturated heterocycles. The lowest BCUT2D eigenvalue weighted by atomic mass is 9.76. The van der Waals surface area contributed by atoms with Gasteiger partial charge in [-0.15, -0.1) is 0 Å². The van der Waals surface area contributed by atoms with Gasteiger partial charge in [0.2, 0.25) is 0 Å². The Morgan fingerprint density at radius 2 is 1.55 bits per heavy atom. The molecule has 0 aliphatic heterocycles. The normalized spacial score (nSPS) is 17.3. The fraction of sp³-hybridized carbons (Fsp3) is 0.727. The molecule has 0 nitrogen and oxygen atoms in total. The molecule has 0 rings (SSSR count). The first-order valence-corrected chi connectivity index (χ1v) is 9.37. The molecule has 0 heteroatoms. The molecule has 1 atom stereocenters. The van der Waals surface area contributed by atoms with E-state index in [1.165, 1.54) is 49.7 Å². The summed E-state index contributed by atoms with van der Waals surface area (Å²) in [6, 6.07) is 0. The van der Waals surface area contributed by atoms with Gasteiger partial charge in [0.15, 0.2) is 0 Å². The minimum Gasteiger partial charge on any atom is -0.0816 e. The second-order valence-corrected chi connectivity index (χ2v) is 7.19. The lowest BCUT2D eigenvalue weighted by Gasteiger charge is -2.29. The Morgan fingerprint density at radius 3 is 2.00 bits per heavy atom. The Kier molecular flexibility index (Phi) is 10.5. The molecule has 0 radical (unpaired) electrons. The van der Waals surface area contributed by atoms with E-state index >= 15 is 0 Å². The van der Waals surface area contributed by atoms with Gasteiger partial charge >= 0.3 is 0 Å². The van der Waals surface area contributed by atoms with Gasteiger partial charge < -0.3 is 0 Å². The molecule has 0 aliphatic rings. The van der Waals surface area contributed by atoms with Crippen LogP contribution in [0.3, 0.4) is 0 Å². The molecule has 0 heterocycles. The lowest BCUT2D eigenvalue weighted by molar-refractivity contribution is 0.376. The van der Waals surface area contributed by atoms with Crippen LogP contribution in [0, 0.1) is 5.41 Å². The molecule has 1 unspecified atom stereocenters. The van der Waals surface area contributed by atoms with Gasteiger partial charge in [-0.1, -0.05) is 81.9 Å². The van der Waals surface area contributed by atoms with Gasteiger partial charge in [0, 0.05) is 0 Å². The quantitative estimate of drug-likeness (QED) is 0.283. The molecule has 0 saturated carbocycles. The van der Waals surface area contributed by atoms with Crippen LogP contribution in [0.15, 0.2) is 34.4 Å². The van der Waals surface area contributed by atoms with Crippen molar-refractivity contribution in [3.05, 3.63) is 34.4 Å². The molecule has 0 spiro atoms. The second-order valence-electron chi connectivity index (χ2n) is 7.19. The Morgan fingerprint density at radius 1 is 0.909 bits per heavy atom. The van der Waals surface area contributed by atoms with E-state index in [1.54, 1.807) is 11.1 Å². The van der Waals surface area contributed by atoms with Crippen molar-refractivity contribution in [3.63, 3.8) is 0 Å². The van der Waals surface area contributed by atoms with Crippen LogP contribution in [0.5, 0.6) is 0 Å². The number of rotatable bonds is 10. The number of hydrogen-bond donors (Lipinski definition) is 0. The zero-order valence-electron chi connectivity index (χ0n) is 16.6. The van der Waals surface area contributed by atoms with Crippen LogP contribution < -0.4 is 0 Å². The topological polar surface area (TPSA) is 0 Å². The third kappa shape index (κ3) is 7.47. The number of allylic oxidation sites excluding steroid dienone is 6. The Hall–Kier alpha value is -0.780. The fourth-order valence-corrected chi connectivity index (χ4v) is 3.50. The van der Waals surface area contributed by atoms with Crippen molar-refractivity contribution >= 4 is 0 Å². The van der Waals surface area contributed by atoms with E-state index in [2.05, 4.69) is 67.5 Å². The highest BCUT2D eigenvalue weighted by Gasteiger charge is 2.23. The van der Waals surface area contributed by atoms with E-state index in [4.69, 9.17) is 0 Å². The average Bonchev–Trinajstić information content (AvgIpc) is 2.45. The fourth-order valence-electron chi connectivity index (χ4n) is 3.50. The third-order valence-electron chi connectivity index (χ3n) is 4.79. The summed E-state index contributed by atoms with van der Waals surface area (Å²) in [4.78, 5) is 0. The molecule has 0 N–H and O–H groups in total. The summed E-state index contributed by atoms with van der Waals surface area (Å²) in [5.74, 6) is 0. The van der Waals surface area contributed by atoms with Crippen LogP contribution in [0.25, 0.3) is 0 Å². The van der Waals surface area contributed by atoms with Crippen LogP contribution in [0.2, 0.25) is 0 Å². The largest absolute Gasteiger partial charge is 0.0816 e. The molecule has 128 valence electrons. The van der Waals surface area contributed by atoms with Gasteiger partial charge in [-0.2, -0.15) is 0 Å². The minimum absolute atomic E-state index is 0.294. The van der Waals surface area contributed by atoms with Crippen LogP contribution in [0.1, 0.15) is 100 Å². The SMILES string of the molecule is CC/C=C(C)\C(C)=C/C(C)(CCC)C/C(CC)=C(\C)CCC. The average molecular weight is 305 g/mol. The minimum atomic E-state index is 0.294. The van der Waals surface area contributed by atoms with Crippen molar-refractivity contribution in [1.29, 1.82) is 0 Å². The van der Waals surface area contributed by atoms with Crippen molar-refractivity contribution in [3.8, 4) is 0 Å². The summed E-state index contributed by atoms with van der Waals surface area (Å²) in [5, 5.41) is 0. The van der Waals surface area contributed by atoms with Crippen molar-refractivity contribution in [1.82, 2.24) is 0 Å². The van der Waals surface area contributed by atoms with E-state index in [0.29, 0.717) is 5.41 Å². The third-order valence-corrected chi connectivity index (χ3v) is 4.79. The first-order valence-electron chi connectivity index (χ1n) is 9.37. The molecule has 22 heavy (non-hydrogen) atoms. The maximum absolute atomic E-state index is 2.55. The van der Waals surface area contributed by atoms with E-state index in [-0.39, 0.29) is 0 Å². The summed E-state index contributed by atoms with van der Waals surface area (Å²) in [5.41, 5.74) is 6.50. The first kappa shape index (κ1) is 21.2. The summed E-state index contributed by atoms with van der Waals surface area (Å²) in [6.45, 7) is 18.5. The highest BCUT2D eigenvalue weighted by Crippen LogP contribution is 2.37. The van der Waals surface area contributed by atoms with Gasteiger partial charge in [-0.05, 0) is 58.3 Å². The van der Waals surface area contributed by atoms with E-state index in [9.17, 15) is 0 Å². The summed E-state index contributed by atoms with van der Waals surface area (Å²) >= 11 is 0. The molecule has 0 bridgehead atoms. The predicted octanol–water partition coefficient (Wildman–Crippen LogP) is 8.01. The predicted molar refractivity (Wildman–Crippen MR) is 103 cm³/mol.